The van der Waals surface area contributed by atoms with Crippen LogP contribution in [-0.4, -0.2) is 27.8 Å². The standard InChI is InChI=1S/C29H23N2S.C18H24GeN.Ir/c1-29(2,3)20-13-15-21(16-14-20)31-25-10-6-5-9-24(25)30-28(31)19-12-17-23-22-8-4-7-11-26(22)32-27(23)18-19;1-14(2)11-16-12-18(15-9-7-6-8-10-15)20-13-17(16)19(3,4)5;/h4-11,13-18H,1-3H3;6-9,12-14H,11H2,1-5H3;/q2*-1;/i;11D2;. The van der Waals surface area contributed by atoms with E-state index in [1.165, 1.54) is 25.7 Å². The fraction of sp³-hybridized carbons (Fsp3) is 0.234. The molecule has 3 nitrogen and oxygen atoms in total. The van der Waals surface area contributed by atoms with Crippen LogP contribution >= 0.6 is 11.3 Å². The van der Waals surface area contributed by atoms with Crippen molar-refractivity contribution in [2.24, 2.45) is 5.92 Å². The number of para-hydroxylation sites is 2. The minimum Gasteiger partial charge on any atom is 0 e. The van der Waals surface area contributed by atoms with Gasteiger partial charge in [-0.05, 0) is 51.4 Å². The molecule has 5 aromatic carbocycles. The number of hydrogen-bond acceptors (Lipinski definition) is 3. The predicted octanol–water partition coefficient (Wildman–Crippen LogP) is 12.4. The molecule has 0 fully saturated rings. The van der Waals surface area contributed by atoms with E-state index in [9.17, 15) is 0 Å². The van der Waals surface area contributed by atoms with Crippen molar-refractivity contribution in [3.63, 3.8) is 0 Å². The Morgan fingerprint density at radius 1 is 0.811 bits per heavy atom. The zero-order valence-corrected chi connectivity index (χ0v) is 37.0. The maximum absolute atomic E-state index is 8.56. The molecule has 0 saturated carbocycles. The first-order chi connectivity index (χ1) is 25.6. The average Bonchev–Trinajstić information content (AvgIpc) is 3.73. The molecule has 0 N–H and O–H groups in total. The van der Waals surface area contributed by atoms with E-state index in [0.29, 0.717) is 0 Å². The van der Waals surface area contributed by atoms with E-state index >= 15 is 0 Å². The Labute approximate surface area is 338 Å². The van der Waals surface area contributed by atoms with Crippen LogP contribution in [0.15, 0.2) is 121 Å². The number of aromatic nitrogens is 3. The molecule has 6 heteroatoms. The second-order valence-corrected chi connectivity index (χ2v) is 27.4. The third kappa shape index (κ3) is 8.45. The Morgan fingerprint density at radius 3 is 2.23 bits per heavy atom. The number of rotatable bonds is 6. The summed E-state index contributed by atoms with van der Waals surface area (Å²) in [6.07, 6.45) is 0.562. The van der Waals surface area contributed by atoms with Gasteiger partial charge in [-0.3, -0.25) is 4.98 Å². The van der Waals surface area contributed by atoms with Gasteiger partial charge in [0.2, 0.25) is 0 Å². The zero-order chi connectivity index (χ0) is 38.4. The summed E-state index contributed by atoms with van der Waals surface area (Å²) in [5.74, 6) is 7.70. The molecule has 0 amide bonds. The van der Waals surface area contributed by atoms with Crippen LogP contribution in [-0.2, 0) is 31.9 Å². The van der Waals surface area contributed by atoms with Crippen molar-refractivity contribution in [2.75, 3.05) is 0 Å². The molecule has 0 saturated heterocycles. The van der Waals surface area contributed by atoms with Crippen molar-refractivity contribution < 1.29 is 22.8 Å². The number of pyridine rings is 1. The first-order valence-electron chi connectivity index (χ1n) is 19.0. The van der Waals surface area contributed by atoms with Gasteiger partial charge in [0.25, 0.3) is 0 Å². The minimum absolute atomic E-state index is 0. The topological polar surface area (TPSA) is 30.7 Å². The van der Waals surface area contributed by atoms with Gasteiger partial charge < -0.3 is 4.57 Å². The SMILES string of the molecule is CC(C)(C)c1ccc(-n2c(-c3[c-]cc4c(c3)sc3ccccc34)nc3ccccc32)cc1.[2H]C([2H])(c1cc(-c2[c-]cccc2)nc[c]1[Ge]([CH3])([CH3])[CH3])C(C)C.[Ir]. The van der Waals surface area contributed by atoms with Crippen molar-refractivity contribution in [2.45, 2.75) is 63.7 Å². The molecular formula is C47H47GeIrN3S-2. The third-order valence-corrected chi connectivity index (χ3v) is 14.6. The summed E-state index contributed by atoms with van der Waals surface area (Å²) in [5, 5.41) is 2.55. The van der Waals surface area contributed by atoms with E-state index in [4.69, 9.17) is 7.73 Å². The number of imidazole rings is 1. The van der Waals surface area contributed by atoms with E-state index < -0.39 is 19.6 Å². The number of hydrogen-bond donors (Lipinski definition) is 0. The van der Waals surface area contributed by atoms with Crippen LogP contribution in [0.1, 0.15) is 48.5 Å². The molecule has 53 heavy (non-hydrogen) atoms. The van der Waals surface area contributed by atoms with Gasteiger partial charge in [0.05, 0.1) is 16.9 Å². The molecule has 0 aliphatic carbocycles. The molecule has 0 spiro atoms. The molecule has 3 aromatic heterocycles. The van der Waals surface area contributed by atoms with Gasteiger partial charge in [-0.2, -0.15) is 11.3 Å². The van der Waals surface area contributed by atoms with E-state index in [2.05, 4.69) is 139 Å². The number of fused-ring (bicyclic) bond motifs is 4. The van der Waals surface area contributed by atoms with Gasteiger partial charge in [-0.15, -0.1) is 23.8 Å². The fourth-order valence-corrected chi connectivity index (χ4v) is 10.6. The Balaban J connectivity index is 0.000000198. The van der Waals surface area contributed by atoms with Gasteiger partial charge in [-0.25, -0.2) is 0 Å². The van der Waals surface area contributed by atoms with E-state index in [1.807, 2.05) is 67.8 Å². The average molecular weight is 953 g/mol. The molecule has 0 aliphatic rings. The van der Waals surface area contributed by atoms with Gasteiger partial charge in [-0.1, -0.05) is 68.6 Å². The largest absolute Gasteiger partial charge is 0 e. The van der Waals surface area contributed by atoms with Crippen molar-refractivity contribution in [1.82, 2.24) is 14.5 Å². The quantitative estimate of drug-likeness (QED) is 0.123. The van der Waals surface area contributed by atoms with Crippen LogP contribution in [0.25, 0.3) is 59.5 Å². The van der Waals surface area contributed by atoms with E-state index in [-0.39, 0.29) is 31.4 Å². The summed E-state index contributed by atoms with van der Waals surface area (Å²) in [6.45, 7) is 10.6. The number of benzene rings is 5. The van der Waals surface area contributed by atoms with Crippen LogP contribution in [0, 0.1) is 18.1 Å². The molecule has 8 rings (SSSR count). The van der Waals surface area contributed by atoms with Crippen molar-refractivity contribution in [3.8, 4) is 28.3 Å². The van der Waals surface area contributed by atoms with E-state index in [0.717, 1.165) is 49.3 Å². The zero-order valence-electron chi connectivity index (χ0n) is 33.7. The van der Waals surface area contributed by atoms with Crippen LogP contribution < -0.4 is 4.40 Å². The summed E-state index contributed by atoms with van der Waals surface area (Å²) in [6, 6.07) is 46.5. The Kier molecular flexibility index (Phi) is 10.8. The second kappa shape index (κ2) is 15.9. The smallest absolute Gasteiger partial charge is 0 e. The molecule has 3 heterocycles. The van der Waals surface area contributed by atoms with E-state index in [1.54, 1.807) is 0 Å². The molecule has 271 valence electrons. The Hall–Kier alpha value is -3.87. The molecule has 0 bridgehead atoms. The van der Waals surface area contributed by atoms with Crippen molar-refractivity contribution >= 4 is 60.2 Å². The predicted molar refractivity (Wildman–Crippen MR) is 227 cm³/mol. The van der Waals surface area contributed by atoms with Crippen LogP contribution in [0.3, 0.4) is 0 Å². The molecule has 0 unspecified atom stereocenters. The first-order valence-corrected chi connectivity index (χ1v) is 26.2. The van der Waals surface area contributed by atoms with Crippen LogP contribution in [0.4, 0.5) is 0 Å². The summed E-state index contributed by atoms with van der Waals surface area (Å²) < 4.78 is 23.1. The molecule has 0 aliphatic heterocycles. The summed E-state index contributed by atoms with van der Waals surface area (Å²) in [4.78, 5) is 9.63. The molecular weight excluding hydrogens is 903 g/mol. The number of nitrogens with zero attached hydrogens (tertiary/aromatic N) is 3. The van der Waals surface area contributed by atoms with Crippen molar-refractivity contribution in [1.29, 1.82) is 0 Å². The molecule has 1 radical (unpaired) electrons. The van der Waals surface area contributed by atoms with Crippen molar-refractivity contribution in [3.05, 3.63) is 145 Å². The van der Waals surface area contributed by atoms with Gasteiger partial charge in [0.15, 0.2) is 0 Å². The third-order valence-electron chi connectivity index (χ3n) is 9.24. The number of thiophene rings is 1. The maximum Gasteiger partial charge on any atom is 0 e. The Morgan fingerprint density at radius 2 is 1.53 bits per heavy atom. The fourth-order valence-electron chi connectivity index (χ4n) is 6.55. The maximum atomic E-state index is 8.56. The normalized spacial score (nSPS) is 12.7. The minimum atomic E-state index is -2.20. The summed E-state index contributed by atoms with van der Waals surface area (Å²) in [7, 11) is 0. The summed E-state index contributed by atoms with van der Waals surface area (Å²) >= 11 is -0.376. The molecule has 8 aromatic rings. The van der Waals surface area contributed by atoms with Gasteiger partial charge >= 0.3 is 128 Å². The Bertz CT molecular complexity index is 2580. The first kappa shape index (κ1) is 36.1. The van der Waals surface area contributed by atoms with Crippen LogP contribution in [0.2, 0.25) is 17.3 Å². The molecule has 0 atom stereocenters. The monoisotopic (exact) mass is 954 g/mol. The summed E-state index contributed by atoms with van der Waals surface area (Å²) in [5.41, 5.74) is 8.21. The van der Waals surface area contributed by atoms with Gasteiger partial charge in [0, 0.05) is 30.5 Å². The van der Waals surface area contributed by atoms with Gasteiger partial charge in [0.1, 0.15) is 0 Å². The van der Waals surface area contributed by atoms with Crippen LogP contribution in [0.5, 0.6) is 0 Å². The second-order valence-electron chi connectivity index (χ2n) is 15.7.